The molecule has 0 spiro atoms. The van der Waals surface area contributed by atoms with E-state index in [-0.39, 0.29) is 13.1 Å². The van der Waals surface area contributed by atoms with E-state index in [1.54, 1.807) is 0 Å². The summed E-state index contributed by atoms with van der Waals surface area (Å²) in [4.78, 5) is 22.6. The summed E-state index contributed by atoms with van der Waals surface area (Å²) in [5.41, 5.74) is 10.4. The van der Waals surface area contributed by atoms with Gasteiger partial charge in [-0.05, 0) is 6.42 Å². The summed E-state index contributed by atoms with van der Waals surface area (Å²) in [6.07, 6.45) is 5.58. The second kappa shape index (κ2) is 10.5. The summed E-state index contributed by atoms with van der Waals surface area (Å²) in [7, 11) is 0. The molecule has 4 N–H and O–H groups in total. The summed E-state index contributed by atoms with van der Waals surface area (Å²) < 4.78 is 9.91. The van der Waals surface area contributed by atoms with Crippen molar-refractivity contribution >= 4 is 11.9 Å². The first-order chi connectivity index (χ1) is 8.63. The van der Waals surface area contributed by atoms with Gasteiger partial charge in [-0.2, -0.15) is 0 Å². The lowest BCUT2D eigenvalue weighted by molar-refractivity contribution is -0.181. The number of esters is 2. The van der Waals surface area contributed by atoms with Crippen LogP contribution in [0, 0.1) is 0 Å². The highest BCUT2D eigenvalue weighted by atomic mass is 16.7. The standard InChI is InChI=1S/C12H20N2O4/c1-2-5-12(17-10(15)6-3-8-13)18-11(16)7-4-9-14/h3-4,6-7,12H,2,5,8-9,13-14H2,1H3/b6-3+,7-4+. The zero-order valence-electron chi connectivity index (χ0n) is 10.5. The molecule has 0 bridgehead atoms. The summed E-state index contributed by atoms with van der Waals surface area (Å²) in [5, 5.41) is 0. The van der Waals surface area contributed by atoms with Crippen LogP contribution in [0.5, 0.6) is 0 Å². The van der Waals surface area contributed by atoms with Crippen LogP contribution in [0.3, 0.4) is 0 Å². The molecule has 0 rings (SSSR count). The van der Waals surface area contributed by atoms with E-state index >= 15 is 0 Å². The van der Waals surface area contributed by atoms with Gasteiger partial charge in [-0.1, -0.05) is 19.1 Å². The van der Waals surface area contributed by atoms with E-state index in [2.05, 4.69) is 0 Å². The first kappa shape index (κ1) is 16.3. The number of ether oxygens (including phenoxy) is 2. The molecule has 0 amide bonds. The highest BCUT2D eigenvalue weighted by Gasteiger charge is 2.15. The summed E-state index contributed by atoms with van der Waals surface area (Å²) >= 11 is 0. The van der Waals surface area contributed by atoms with E-state index in [1.807, 2.05) is 6.92 Å². The van der Waals surface area contributed by atoms with Crippen molar-refractivity contribution in [2.24, 2.45) is 11.5 Å². The van der Waals surface area contributed by atoms with Gasteiger partial charge in [0.1, 0.15) is 0 Å². The average molecular weight is 256 g/mol. The predicted octanol–water partition coefficient (Wildman–Crippen LogP) is 0.229. The van der Waals surface area contributed by atoms with Gasteiger partial charge >= 0.3 is 11.9 Å². The zero-order chi connectivity index (χ0) is 13.8. The Morgan fingerprint density at radius 1 is 1.06 bits per heavy atom. The monoisotopic (exact) mass is 256 g/mol. The molecule has 0 saturated heterocycles. The molecule has 0 atom stereocenters. The van der Waals surface area contributed by atoms with Crippen molar-refractivity contribution in [3.8, 4) is 0 Å². The molecule has 0 aromatic carbocycles. The van der Waals surface area contributed by atoms with Crippen LogP contribution in [0.15, 0.2) is 24.3 Å². The number of carbonyl (C=O) groups excluding carboxylic acids is 2. The van der Waals surface area contributed by atoms with Crippen molar-refractivity contribution in [3.05, 3.63) is 24.3 Å². The SMILES string of the molecule is CCCC(OC(=O)/C=C/CN)OC(=O)/C=C/CN. The summed E-state index contributed by atoms with van der Waals surface area (Å²) in [5.74, 6) is -1.18. The number of carbonyl (C=O) groups is 2. The fourth-order valence-corrected chi connectivity index (χ4v) is 1.04. The maximum absolute atomic E-state index is 11.3. The van der Waals surface area contributed by atoms with E-state index in [9.17, 15) is 9.59 Å². The Labute approximate surface area is 107 Å². The van der Waals surface area contributed by atoms with Gasteiger partial charge in [0.2, 0.25) is 6.29 Å². The van der Waals surface area contributed by atoms with E-state index in [0.29, 0.717) is 12.8 Å². The van der Waals surface area contributed by atoms with E-state index in [1.165, 1.54) is 24.3 Å². The molecule has 18 heavy (non-hydrogen) atoms. The Hall–Kier alpha value is -1.66. The molecule has 6 heteroatoms. The Kier molecular flexibility index (Phi) is 9.52. The van der Waals surface area contributed by atoms with Gasteiger partial charge in [-0.3, -0.25) is 0 Å². The maximum atomic E-state index is 11.3. The van der Waals surface area contributed by atoms with Crippen molar-refractivity contribution in [3.63, 3.8) is 0 Å². The Morgan fingerprint density at radius 3 is 1.83 bits per heavy atom. The highest BCUT2D eigenvalue weighted by molar-refractivity contribution is 5.83. The summed E-state index contributed by atoms with van der Waals surface area (Å²) in [6.45, 7) is 2.37. The third-order valence-corrected chi connectivity index (χ3v) is 1.80. The normalized spacial score (nSPS) is 11.3. The third-order valence-electron chi connectivity index (χ3n) is 1.80. The van der Waals surface area contributed by atoms with Gasteiger partial charge in [0.15, 0.2) is 0 Å². The second-order valence-corrected chi connectivity index (χ2v) is 3.37. The van der Waals surface area contributed by atoms with Crippen molar-refractivity contribution < 1.29 is 19.1 Å². The molecule has 0 aliphatic heterocycles. The van der Waals surface area contributed by atoms with E-state index < -0.39 is 18.2 Å². The lowest BCUT2D eigenvalue weighted by atomic mass is 10.3. The highest BCUT2D eigenvalue weighted by Crippen LogP contribution is 2.06. The van der Waals surface area contributed by atoms with Gasteiger partial charge in [-0.15, -0.1) is 0 Å². The molecule has 0 aliphatic carbocycles. The van der Waals surface area contributed by atoms with Crippen LogP contribution in [-0.4, -0.2) is 31.3 Å². The molecule has 6 nitrogen and oxygen atoms in total. The number of hydrogen-bond donors (Lipinski definition) is 2. The molecule has 102 valence electrons. The molecular weight excluding hydrogens is 236 g/mol. The number of nitrogens with two attached hydrogens (primary N) is 2. The Balaban J connectivity index is 4.29. The van der Waals surface area contributed by atoms with Crippen LogP contribution in [0.4, 0.5) is 0 Å². The molecule has 0 radical (unpaired) electrons. The van der Waals surface area contributed by atoms with Gasteiger partial charge in [0.05, 0.1) is 0 Å². The van der Waals surface area contributed by atoms with Gasteiger partial charge in [0.25, 0.3) is 0 Å². The third kappa shape index (κ3) is 8.49. The Morgan fingerprint density at radius 2 is 1.50 bits per heavy atom. The van der Waals surface area contributed by atoms with Crippen LogP contribution >= 0.6 is 0 Å². The quantitative estimate of drug-likeness (QED) is 0.366. The topological polar surface area (TPSA) is 105 Å². The predicted molar refractivity (Wildman–Crippen MR) is 67.3 cm³/mol. The molecule has 0 aromatic heterocycles. The van der Waals surface area contributed by atoms with Crippen molar-refractivity contribution in [1.82, 2.24) is 0 Å². The minimum Gasteiger partial charge on any atom is -0.422 e. The molecule has 0 unspecified atom stereocenters. The molecule has 0 aliphatic rings. The molecule has 0 fully saturated rings. The first-order valence-corrected chi connectivity index (χ1v) is 5.78. The van der Waals surface area contributed by atoms with Crippen molar-refractivity contribution in [2.75, 3.05) is 13.1 Å². The minimum atomic E-state index is -0.889. The zero-order valence-corrected chi connectivity index (χ0v) is 10.5. The first-order valence-electron chi connectivity index (χ1n) is 5.78. The average Bonchev–Trinajstić information content (AvgIpc) is 2.34. The van der Waals surface area contributed by atoms with Crippen LogP contribution in [0.2, 0.25) is 0 Å². The molecule has 0 aromatic rings. The lowest BCUT2D eigenvalue weighted by Crippen LogP contribution is -2.23. The molecule has 0 heterocycles. The van der Waals surface area contributed by atoms with Gasteiger partial charge in [-0.25, -0.2) is 9.59 Å². The van der Waals surface area contributed by atoms with Gasteiger partial charge < -0.3 is 20.9 Å². The van der Waals surface area contributed by atoms with E-state index in [0.717, 1.165) is 0 Å². The van der Waals surface area contributed by atoms with Crippen LogP contribution in [0.1, 0.15) is 19.8 Å². The molecule has 0 saturated carbocycles. The van der Waals surface area contributed by atoms with Crippen LogP contribution in [0.25, 0.3) is 0 Å². The smallest absolute Gasteiger partial charge is 0.333 e. The minimum absolute atomic E-state index is 0.243. The van der Waals surface area contributed by atoms with E-state index in [4.69, 9.17) is 20.9 Å². The Bertz CT molecular complexity index is 285. The number of hydrogen-bond acceptors (Lipinski definition) is 6. The lowest BCUT2D eigenvalue weighted by Gasteiger charge is -2.15. The fraction of sp³-hybridized carbons (Fsp3) is 0.500. The molecular formula is C12H20N2O4. The van der Waals surface area contributed by atoms with Crippen molar-refractivity contribution in [2.45, 2.75) is 26.1 Å². The maximum Gasteiger partial charge on any atom is 0.333 e. The van der Waals surface area contributed by atoms with Gasteiger partial charge in [0, 0.05) is 31.7 Å². The summed E-state index contributed by atoms with van der Waals surface area (Å²) in [6, 6.07) is 0. The second-order valence-electron chi connectivity index (χ2n) is 3.37. The largest absolute Gasteiger partial charge is 0.422 e. The van der Waals surface area contributed by atoms with Crippen LogP contribution in [-0.2, 0) is 19.1 Å². The number of rotatable bonds is 8. The van der Waals surface area contributed by atoms with Crippen LogP contribution < -0.4 is 11.5 Å². The van der Waals surface area contributed by atoms with Crippen molar-refractivity contribution in [1.29, 1.82) is 0 Å². The fourth-order valence-electron chi connectivity index (χ4n) is 1.04.